The number of thiophene rings is 1. The highest BCUT2D eigenvalue weighted by atomic mass is 32.1. The van der Waals surface area contributed by atoms with Crippen molar-refractivity contribution in [2.75, 3.05) is 36.9 Å². The molecule has 1 amide bonds. The van der Waals surface area contributed by atoms with Gasteiger partial charge < -0.3 is 21.1 Å². The molecule has 104 valence electrons. The van der Waals surface area contributed by atoms with E-state index in [2.05, 4.69) is 4.90 Å². The first-order valence-corrected chi connectivity index (χ1v) is 7.54. The number of hydrogen-bond donors (Lipinski definition) is 2. The molecule has 1 aliphatic carbocycles. The highest BCUT2D eigenvalue weighted by molar-refractivity contribution is 7.18. The quantitative estimate of drug-likeness (QED) is 0.880. The summed E-state index contributed by atoms with van der Waals surface area (Å²) in [6.45, 7) is 3.35. The van der Waals surface area contributed by atoms with Gasteiger partial charge in [-0.15, -0.1) is 11.3 Å². The molecule has 0 unspecified atom stereocenters. The van der Waals surface area contributed by atoms with Crippen molar-refractivity contribution in [3.63, 3.8) is 0 Å². The molecule has 3 rings (SSSR count). The summed E-state index contributed by atoms with van der Waals surface area (Å²) < 4.78 is 5.49. The van der Waals surface area contributed by atoms with Gasteiger partial charge in [-0.3, -0.25) is 4.79 Å². The van der Waals surface area contributed by atoms with Crippen molar-refractivity contribution in [3.8, 4) is 0 Å². The topological polar surface area (TPSA) is 81.6 Å². The van der Waals surface area contributed by atoms with Crippen LogP contribution in [-0.2, 0) is 4.74 Å². The number of anilines is 2. The number of nitrogen functional groups attached to an aromatic ring is 1. The van der Waals surface area contributed by atoms with Crippen LogP contribution in [0, 0.1) is 0 Å². The number of carbonyl (C=O) groups is 1. The minimum Gasteiger partial charge on any atom is -0.397 e. The van der Waals surface area contributed by atoms with Gasteiger partial charge in [-0.1, -0.05) is 0 Å². The summed E-state index contributed by atoms with van der Waals surface area (Å²) in [4.78, 5) is 14.3. The van der Waals surface area contributed by atoms with Gasteiger partial charge in [0.05, 0.1) is 17.3 Å². The molecule has 4 N–H and O–H groups in total. The minimum atomic E-state index is -0.415. The summed E-state index contributed by atoms with van der Waals surface area (Å²) in [5.41, 5.74) is 13.3. The lowest BCUT2D eigenvalue weighted by atomic mass is 10.1. The molecule has 1 aromatic rings. The van der Waals surface area contributed by atoms with E-state index in [0.29, 0.717) is 16.5 Å². The lowest BCUT2D eigenvalue weighted by molar-refractivity contribution is 0.100. The van der Waals surface area contributed by atoms with Crippen LogP contribution in [-0.4, -0.2) is 32.2 Å². The number of primary amides is 1. The number of nitrogens with zero attached hydrogens (tertiary/aromatic N) is 1. The van der Waals surface area contributed by atoms with Crippen LogP contribution < -0.4 is 16.4 Å². The third-order valence-corrected chi connectivity index (χ3v) is 4.98. The monoisotopic (exact) mass is 281 g/mol. The maximum Gasteiger partial charge on any atom is 0.260 e. The van der Waals surface area contributed by atoms with Gasteiger partial charge in [0.2, 0.25) is 0 Å². The van der Waals surface area contributed by atoms with Crippen molar-refractivity contribution in [3.05, 3.63) is 10.4 Å². The van der Waals surface area contributed by atoms with E-state index in [1.54, 1.807) is 0 Å². The molecule has 0 aromatic carbocycles. The summed E-state index contributed by atoms with van der Waals surface area (Å²) >= 11 is 1.45. The Balaban J connectivity index is 1.98. The fourth-order valence-corrected chi connectivity index (χ4v) is 3.79. The molecule has 19 heavy (non-hydrogen) atoms. The Morgan fingerprint density at radius 3 is 2.79 bits per heavy atom. The van der Waals surface area contributed by atoms with Crippen molar-refractivity contribution < 1.29 is 9.53 Å². The second kappa shape index (κ2) is 5.02. The second-order valence-corrected chi connectivity index (χ2v) is 6.15. The first-order chi connectivity index (χ1) is 9.18. The van der Waals surface area contributed by atoms with E-state index in [9.17, 15) is 4.79 Å². The molecule has 1 aromatic heterocycles. The summed E-state index contributed by atoms with van der Waals surface area (Å²) in [6.07, 6.45) is 3.33. The van der Waals surface area contributed by atoms with E-state index in [1.807, 2.05) is 0 Å². The lowest BCUT2D eigenvalue weighted by Crippen LogP contribution is -2.25. The Morgan fingerprint density at radius 2 is 2.11 bits per heavy atom. The van der Waals surface area contributed by atoms with Crippen LogP contribution >= 0.6 is 11.3 Å². The van der Waals surface area contributed by atoms with Gasteiger partial charge in [-0.2, -0.15) is 0 Å². The molecule has 0 spiro atoms. The first kappa shape index (κ1) is 12.7. The third kappa shape index (κ3) is 2.42. The van der Waals surface area contributed by atoms with Crippen molar-refractivity contribution in [2.24, 2.45) is 5.73 Å². The first-order valence-electron chi connectivity index (χ1n) is 6.73. The van der Waals surface area contributed by atoms with Crippen molar-refractivity contribution in [2.45, 2.75) is 25.2 Å². The zero-order valence-electron chi connectivity index (χ0n) is 10.9. The molecule has 0 bridgehead atoms. The third-order valence-electron chi connectivity index (χ3n) is 3.68. The Bertz CT molecular complexity index is 488. The van der Waals surface area contributed by atoms with E-state index in [-0.39, 0.29) is 0 Å². The van der Waals surface area contributed by atoms with Crippen LogP contribution in [0.3, 0.4) is 0 Å². The Morgan fingerprint density at radius 1 is 1.32 bits per heavy atom. The Hall–Kier alpha value is -1.27. The molecule has 1 aliphatic heterocycles. The summed E-state index contributed by atoms with van der Waals surface area (Å²) in [5, 5.41) is 1.14. The molecule has 0 atom stereocenters. The highest BCUT2D eigenvalue weighted by Gasteiger charge is 2.34. The molecule has 6 heteroatoms. The normalized spacial score (nSPS) is 20.3. The number of carbonyl (C=O) groups excluding carboxylic acids is 1. The van der Waals surface area contributed by atoms with E-state index in [4.69, 9.17) is 16.2 Å². The molecule has 0 radical (unpaired) electrons. The molecule has 2 heterocycles. The number of nitrogens with two attached hydrogens (primary N) is 2. The second-order valence-electron chi connectivity index (χ2n) is 5.16. The smallest absolute Gasteiger partial charge is 0.260 e. The summed E-state index contributed by atoms with van der Waals surface area (Å²) in [6, 6.07) is 0. The van der Waals surface area contributed by atoms with Gasteiger partial charge in [0.25, 0.3) is 5.91 Å². The molecule has 2 fully saturated rings. The molecule has 1 saturated heterocycles. The van der Waals surface area contributed by atoms with Crippen LogP contribution in [0.1, 0.15) is 40.4 Å². The van der Waals surface area contributed by atoms with Crippen LogP contribution in [0.2, 0.25) is 0 Å². The standard InChI is InChI=1S/C13H19N3O2S/c14-10-9(8-2-3-8)13(19-11(10)12(15)17)16-4-1-6-18-7-5-16/h8H,1-7,14H2,(H2,15,17). The molecule has 1 saturated carbocycles. The molecule has 5 nitrogen and oxygen atoms in total. The zero-order chi connectivity index (χ0) is 13.4. The summed E-state index contributed by atoms with van der Waals surface area (Å²) in [7, 11) is 0. The fraction of sp³-hybridized carbons (Fsp3) is 0.615. The van der Waals surface area contributed by atoms with E-state index < -0.39 is 5.91 Å². The number of ether oxygens (including phenoxy) is 1. The number of amides is 1. The van der Waals surface area contributed by atoms with Crippen LogP contribution in [0.5, 0.6) is 0 Å². The minimum absolute atomic E-state index is 0.415. The van der Waals surface area contributed by atoms with Gasteiger partial charge in [0, 0.05) is 25.3 Å². The number of rotatable bonds is 3. The van der Waals surface area contributed by atoms with E-state index in [0.717, 1.165) is 56.1 Å². The Labute approximate surface area is 116 Å². The SMILES string of the molecule is NC(=O)c1sc(N2CCCOCC2)c(C2CC2)c1N. The van der Waals surface area contributed by atoms with Crippen molar-refractivity contribution >= 4 is 27.9 Å². The van der Waals surface area contributed by atoms with E-state index >= 15 is 0 Å². The van der Waals surface area contributed by atoms with Crippen LogP contribution in [0.15, 0.2) is 0 Å². The van der Waals surface area contributed by atoms with Crippen molar-refractivity contribution in [1.29, 1.82) is 0 Å². The predicted molar refractivity (Wildman–Crippen MR) is 76.9 cm³/mol. The van der Waals surface area contributed by atoms with Gasteiger partial charge >= 0.3 is 0 Å². The Kier molecular flexibility index (Phi) is 3.36. The van der Waals surface area contributed by atoms with E-state index in [1.165, 1.54) is 11.3 Å². The maximum atomic E-state index is 11.5. The van der Waals surface area contributed by atoms with Gasteiger partial charge in [-0.25, -0.2) is 0 Å². The van der Waals surface area contributed by atoms with Crippen LogP contribution in [0.4, 0.5) is 10.7 Å². The van der Waals surface area contributed by atoms with Crippen molar-refractivity contribution in [1.82, 2.24) is 0 Å². The predicted octanol–water partition coefficient (Wildman–Crippen LogP) is 1.53. The lowest BCUT2D eigenvalue weighted by Gasteiger charge is -2.21. The maximum absolute atomic E-state index is 11.5. The zero-order valence-corrected chi connectivity index (χ0v) is 11.7. The summed E-state index contributed by atoms with van der Waals surface area (Å²) in [5.74, 6) is 0.102. The van der Waals surface area contributed by atoms with Crippen LogP contribution in [0.25, 0.3) is 0 Å². The van der Waals surface area contributed by atoms with Gasteiger partial charge in [0.15, 0.2) is 0 Å². The van der Waals surface area contributed by atoms with Gasteiger partial charge in [-0.05, 0) is 25.2 Å². The van der Waals surface area contributed by atoms with Gasteiger partial charge in [0.1, 0.15) is 4.88 Å². The fourth-order valence-electron chi connectivity index (χ4n) is 2.58. The number of hydrogen-bond acceptors (Lipinski definition) is 5. The average molecular weight is 281 g/mol. The molecule has 2 aliphatic rings. The largest absolute Gasteiger partial charge is 0.397 e. The highest BCUT2D eigenvalue weighted by Crippen LogP contribution is 2.51. The molecular weight excluding hydrogens is 262 g/mol. The molecular formula is C13H19N3O2S. The average Bonchev–Trinajstić information content (AvgIpc) is 3.17.